The molecule has 0 radical (unpaired) electrons. The molecule has 0 aromatic carbocycles. The van der Waals surface area contributed by atoms with Crippen LogP contribution in [0.4, 0.5) is 0 Å². The molecule has 0 N–H and O–H groups in total. The average Bonchev–Trinajstić information content (AvgIpc) is 3.14. The predicted molar refractivity (Wildman–Crippen MR) is 102 cm³/mol. The smallest absolute Gasteiger partial charge is 0.251 e. The molecule has 1 fully saturated rings. The number of carbonyl (C=O) groups excluding carboxylic acids is 1. The fraction of sp³-hybridized carbons (Fsp3) is 0.611. The van der Waals surface area contributed by atoms with Gasteiger partial charge in [-0.25, -0.2) is 9.97 Å². The maximum absolute atomic E-state index is 13.1. The van der Waals surface area contributed by atoms with E-state index in [4.69, 9.17) is 16.3 Å². The summed E-state index contributed by atoms with van der Waals surface area (Å²) < 4.78 is 5.40. The average molecular weight is 395 g/mol. The lowest BCUT2D eigenvalue weighted by atomic mass is 10.0. The Morgan fingerprint density at radius 1 is 1.35 bits per heavy atom. The van der Waals surface area contributed by atoms with Crippen molar-refractivity contribution in [3.63, 3.8) is 0 Å². The highest BCUT2D eigenvalue weighted by molar-refractivity contribution is 8.03. The molecule has 3 aliphatic rings. The third-order valence-electron chi connectivity index (χ3n) is 5.38. The molecule has 0 bridgehead atoms. The summed E-state index contributed by atoms with van der Waals surface area (Å²) >= 11 is 7.69. The number of amides is 1. The Kier molecular flexibility index (Phi) is 4.98. The zero-order valence-corrected chi connectivity index (χ0v) is 16.6. The first-order valence-corrected chi connectivity index (χ1v) is 10.2. The Morgan fingerprint density at radius 2 is 2.12 bits per heavy atom. The van der Waals surface area contributed by atoms with Gasteiger partial charge in [-0.2, -0.15) is 0 Å². The topological polar surface area (TPSA) is 58.6 Å². The Hall–Kier alpha value is -1.15. The van der Waals surface area contributed by atoms with Crippen LogP contribution in [0.3, 0.4) is 0 Å². The Balaban J connectivity index is 1.45. The molecule has 0 aliphatic carbocycles. The Morgan fingerprint density at radius 3 is 2.81 bits per heavy atom. The summed E-state index contributed by atoms with van der Waals surface area (Å²) in [5.41, 5.74) is 1.57. The van der Waals surface area contributed by atoms with Crippen molar-refractivity contribution in [2.75, 3.05) is 39.4 Å². The van der Waals surface area contributed by atoms with Crippen LogP contribution in [-0.2, 0) is 9.53 Å². The van der Waals surface area contributed by atoms with Gasteiger partial charge in [-0.05, 0) is 37.9 Å². The highest BCUT2D eigenvalue weighted by Crippen LogP contribution is 2.56. The fourth-order valence-corrected chi connectivity index (χ4v) is 5.56. The highest BCUT2D eigenvalue weighted by Gasteiger charge is 2.49. The minimum absolute atomic E-state index is 0.144. The van der Waals surface area contributed by atoms with Crippen LogP contribution in [0.15, 0.2) is 22.7 Å². The van der Waals surface area contributed by atoms with E-state index in [1.807, 2.05) is 11.0 Å². The van der Waals surface area contributed by atoms with E-state index in [0.29, 0.717) is 6.42 Å². The largest absolute Gasteiger partial charge is 0.379 e. The van der Waals surface area contributed by atoms with Crippen molar-refractivity contribution in [1.29, 1.82) is 0 Å². The van der Waals surface area contributed by atoms with E-state index in [-0.39, 0.29) is 22.0 Å². The molecule has 4 rings (SSSR count). The molecule has 1 aromatic heterocycles. The first-order chi connectivity index (χ1) is 12.5. The van der Waals surface area contributed by atoms with Crippen LogP contribution in [0.25, 0.3) is 0 Å². The second-order valence-corrected chi connectivity index (χ2v) is 8.89. The monoisotopic (exact) mass is 394 g/mol. The van der Waals surface area contributed by atoms with E-state index in [2.05, 4.69) is 28.7 Å². The van der Waals surface area contributed by atoms with E-state index in [9.17, 15) is 4.79 Å². The lowest BCUT2D eigenvalue weighted by Crippen LogP contribution is -2.48. The van der Waals surface area contributed by atoms with Crippen molar-refractivity contribution in [2.45, 2.75) is 31.1 Å². The molecule has 0 saturated carbocycles. The van der Waals surface area contributed by atoms with E-state index in [0.717, 1.165) is 50.7 Å². The number of morpholine rings is 1. The van der Waals surface area contributed by atoms with Gasteiger partial charge in [0.1, 0.15) is 0 Å². The van der Waals surface area contributed by atoms with Crippen molar-refractivity contribution >= 4 is 29.3 Å². The van der Waals surface area contributed by atoms with Gasteiger partial charge in [-0.15, -0.1) is 11.8 Å². The van der Waals surface area contributed by atoms with Gasteiger partial charge >= 0.3 is 0 Å². The zero-order chi connectivity index (χ0) is 18.3. The summed E-state index contributed by atoms with van der Waals surface area (Å²) in [4.78, 5) is 26.9. The predicted octanol–water partition coefficient (Wildman–Crippen LogP) is 2.52. The number of hydrogen-bond donors (Lipinski definition) is 0. The van der Waals surface area contributed by atoms with Gasteiger partial charge in [0.2, 0.25) is 5.28 Å². The maximum atomic E-state index is 13.1. The van der Waals surface area contributed by atoms with Gasteiger partial charge in [-0.3, -0.25) is 9.69 Å². The minimum atomic E-state index is -0.269. The first-order valence-electron chi connectivity index (χ1n) is 8.97. The number of thioether (sulfide) groups is 1. The number of carbonyl (C=O) groups is 1. The van der Waals surface area contributed by atoms with Crippen LogP contribution in [0.1, 0.15) is 31.2 Å². The van der Waals surface area contributed by atoms with Gasteiger partial charge < -0.3 is 9.64 Å². The quantitative estimate of drug-likeness (QED) is 0.731. The van der Waals surface area contributed by atoms with Gasteiger partial charge in [0, 0.05) is 42.9 Å². The summed E-state index contributed by atoms with van der Waals surface area (Å²) in [5.74, 6) is 0.174. The molecule has 1 unspecified atom stereocenters. The second-order valence-electron chi connectivity index (χ2n) is 7.34. The molecule has 1 amide bonds. The number of rotatable bonds is 4. The molecule has 26 heavy (non-hydrogen) atoms. The second kappa shape index (κ2) is 7.11. The third kappa shape index (κ3) is 3.26. The van der Waals surface area contributed by atoms with Crippen molar-refractivity contribution in [3.8, 4) is 0 Å². The summed E-state index contributed by atoms with van der Waals surface area (Å²) in [6.45, 7) is 9.40. The van der Waals surface area contributed by atoms with Gasteiger partial charge in [-0.1, -0.05) is 0 Å². The maximum Gasteiger partial charge on any atom is 0.251 e. The van der Waals surface area contributed by atoms with Crippen molar-refractivity contribution in [3.05, 3.63) is 33.7 Å². The summed E-state index contributed by atoms with van der Waals surface area (Å²) in [6.07, 6.45) is 2.39. The summed E-state index contributed by atoms with van der Waals surface area (Å²) in [6, 6.07) is 1.89. The molecule has 4 heterocycles. The van der Waals surface area contributed by atoms with E-state index in [1.165, 1.54) is 4.91 Å². The van der Waals surface area contributed by atoms with Crippen LogP contribution in [0.5, 0.6) is 0 Å². The SMILES string of the molecule is CC1(C)C2=C(CC(c3ccnc(Cl)n3)S2)C(=O)N1CCN1CCOCC1. The van der Waals surface area contributed by atoms with Crippen LogP contribution in [-0.4, -0.2) is 70.6 Å². The Labute approximate surface area is 162 Å². The number of hydrogen-bond acceptors (Lipinski definition) is 6. The molecule has 1 aromatic rings. The zero-order valence-electron chi connectivity index (χ0n) is 15.1. The summed E-state index contributed by atoms with van der Waals surface area (Å²) in [5, 5.41) is 0.401. The van der Waals surface area contributed by atoms with Crippen LogP contribution < -0.4 is 0 Å². The molecule has 6 nitrogen and oxygen atoms in total. The van der Waals surface area contributed by atoms with Crippen molar-refractivity contribution in [1.82, 2.24) is 19.8 Å². The molecular formula is C18H23ClN4O2S. The minimum Gasteiger partial charge on any atom is -0.379 e. The normalized spacial score (nSPS) is 25.9. The molecule has 140 valence electrons. The molecule has 1 atom stereocenters. The number of halogens is 1. The standard InChI is InChI=1S/C18H23ClN4O2S/c1-18(2)15-12(11-14(26-15)13-3-4-20-17(19)21-13)16(24)23(18)6-5-22-7-9-25-10-8-22/h3-4,14H,5-11H2,1-2H3. The Bertz CT molecular complexity index is 748. The van der Waals surface area contributed by atoms with Crippen LogP contribution >= 0.6 is 23.4 Å². The fourth-order valence-electron chi connectivity index (χ4n) is 3.91. The van der Waals surface area contributed by atoms with E-state index in [1.54, 1.807) is 18.0 Å². The van der Waals surface area contributed by atoms with Gasteiger partial charge in [0.05, 0.1) is 29.7 Å². The molecule has 0 spiro atoms. The number of aromatic nitrogens is 2. The van der Waals surface area contributed by atoms with Gasteiger partial charge in [0.25, 0.3) is 5.91 Å². The molecule has 1 saturated heterocycles. The third-order valence-corrected chi connectivity index (χ3v) is 7.24. The highest BCUT2D eigenvalue weighted by atomic mass is 35.5. The molecule has 3 aliphatic heterocycles. The van der Waals surface area contributed by atoms with Gasteiger partial charge in [0.15, 0.2) is 0 Å². The van der Waals surface area contributed by atoms with E-state index >= 15 is 0 Å². The van der Waals surface area contributed by atoms with Crippen molar-refractivity contribution in [2.24, 2.45) is 0 Å². The summed E-state index contributed by atoms with van der Waals surface area (Å²) in [7, 11) is 0. The van der Waals surface area contributed by atoms with E-state index < -0.39 is 0 Å². The van der Waals surface area contributed by atoms with Crippen molar-refractivity contribution < 1.29 is 9.53 Å². The molecular weight excluding hydrogens is 372 g/mol. The van der Waals surface area contributed by atoms with Crippen LogP contribution in [0, 0.1) is 0 Å². The molecule has 8 heteroatoms. The van der Waals surface area contributed by atoms with Crippen LogP contribution in [0.2, 0.25) is 5.28 Å². The number of nitrogens with zero attached hydrogens (tertiary/aromatic N) is 4. The lowest BCUT2D eigenvalue weighted by molar-refractivity contribution is -0.129. The lowest BCUT2D eigenvalue weighted by Gasteiger charge is -2.37. The number of ether oxygens (including phenoxy) is 1. The first kappa shape index (κ1) is 18.2.